The summed E-state index contributed by atoms with van der Waals surface area (Å²) in [5.41, 5.74) is 3.35. The maximum absolute atomic E-state index is 4.28. The van der Waals surface area contributed by atoms with E-state index in [9.17, 15) is 0 Å². The molecule has 2 rings (SSSR count). The SMILES string of the molecule is Cc1ncc(Br)cc1NCc1ccccc1. The lowest BCUT2D eigenvalue weighted by atomic mass is 10.2. The van der Waals surface area contributed by atoms with Crippen LogP contribution in [0.3, 0.4) is 0 Å². The van der Waals surface area contributed by atoms with Gasteiger partial charge in [-0.2, -0.15) is 0 Å². The number of nitrogens with zero attached hydrogens (tertiary/aromatic N) is 1. The second-order valence-electron chi connectivity index (χ2n) is 3.63. The van der Waals surface area contributed by atoms with Crippen LogP contribution >= 0.6 is 15.9 Å². The number of benzene rings is 1. The Labute approximate surface area is 104 Å². The Morgan fingerprint density at radius 1 is 1.25 bits per heavy atom. The van der Waals surface area contributed by atoms with E-state index in [4.69, 9.17) is 0 Å². The van der Waals surface area contributed by atoms with Gasteiger partial charge in [-0.1, -0.05) is 30.3 Å². The normalized spacial score (nSPS) is 10.1. The van der Waals surface area contributed by atoms with E-state index < -0.39 is 0 Å². The fraction of sp³-hybridized carbons (Fsp3) is 0.154. The molecule has 0 spiro atoms. The van der Waals surface area contributed by atoms with Crippen LogP contribution in [0.4, 0.5) is 5.69 Å². The minimum atomic E-state index is 0.819. The molecule has 0 atom stereocenters. The average Bonchev–Trinajstić information content (AvgIpc) is 2.32. The molecule has 0 bridgehead atoms. The summed E-state index contributed by atoms with van der Waals surface area (Å²) in [6, 6.07) is 12.4. The summed E-state index contributed by atoms with van der Waals surface area (Å²) < 4.78 is 0.994. The van der Waals surface area contributed by atoms with Gasteiger partial charge in [0.1, 0.15) is 0 Å². The molecule has 0 amide bonds. The lowest BCUT2D eigenvalue weighted by Gasteiger charge is -2.09. The highest BCUT2D eigenvalue weighted by molar-refractivity contribution is 9.10. The van der Waals surface area contributed by atoms with Gasteiger partial charge in [0, 0.05) is 17.2 Å². The van der Waals surface area contributed by atoms with Crippen molar-refractivity contribution in [1.82, 2.24) is 4.98 Å². The molecule has 2 nitrogen and oxygen atoms in total. The molecule has 0 fully saturated rings. The first kappa shape index (κ1) is 11.1. The van der Waals surface area contributed by atoms with E-state index in [1.165, 1.54) is 5.56 Å². The molecule has 0 saturated heterocycles. The summed E-state index contributed by atoms with van der Waals surface area (Å²) in [5, 5.41) is 3.38. The third-order valence-electron chi connectivity index (χ3n) is 2.38. The van der Waals surface area contributed by atoms with Gasteiger partial charge in [-0.25, -0.2) is 0 Å². The Kier molecular flexibility index (Phi) is 3.57. The van der Waals surface area contributed by atoms with E-state index >= 15 is 0 Å². The van der Waals surface area contributed by atoms with Crippen molar-refractivity contribution < 1.29 is 0 Å². The highest BCUT2D eigenvalue weighted by Crippen LogP contribution is 2.18. The van der Waals surface area contributed by atoms with Crippen molar-refractivity contribution in [2.45, 2.75) is 13.5 Å². The van der Waals surface area contributed by atoms with Gasteiger partial charge in [0.2, 0.25) is 0 Å². The molecule has 0 aliphatic heterocycles. The van der Waals surface area contributed by atoms with Crippen LogP contribution in [-0.2, 0) is 6.54 Å². The summed E-state index contributed by atoms with van der Waals surface area (Å²) in [6.07, 6.45) is 1.81. The first-order chi connectivity index (χ1) is 7.75. The molecule has 0 aliphatic carbocycles. The van der Waals surface area contributed by atoms with E-state index in [2.05, 4.69) is 38.4 Å². The second kappa shape index (κ2) is 5.12. The third kappa shape index (κ3) is 2.83. The fourth-order valence-electron chi connectivity index (χ4n) is 1.48. The summed E-state index contributed by atoms with van der Waals surface area (Å²) in [7, 11) is 0. The van der Waals surface area contributed by atoms with E-state index in [-0.39, 0.29) is 0 Å². The standard InChI is InChI=1S/C13H13BrN2/c1-10-13(7-12(14)9-15-10)16-8-11-5-3-2-4-6-11/h2-7,9,16H,8H2,1H3. The molecule has 1 aromatic heterocycles. The number of hydrogen-bond acceptors (Lipinski definition) is 2. The van der Waals surface area contributed by atoms with Gasteiger partial charge in [0.05, 0.1) is 11.4 Å². The molecule has 2 aromatic rings. The monoisotopic (exact) mass is 276 g/mol. The second-order valence-corrected chi connectivity index (χ2v) is 4.54. The lowest BCUT2D eigenvalue weighted by molar-refractivity contribution is 1.10. The van der Waals surface area contributed by atoms with Crippen LogP contribution in [0, 0.1) is 6.92 Å². The van der Waals surface area contributed by atoms with Crippen molar-refractivity contribution in [1.29, 1.82) is 0 Å². The molecule has 1 aromatic carbocycles. The molecule has 0 saturated carbocycles. The van der Waals surface area contributed by atoms with E-state index in [1.807, 2.05) is 37.4 Å². The molecule has 0 radical (unpaired) electrons. The van der Waals surface area contributed by atoms with Gasteiger partial charge >= 0.3 is 0 Å². The average molecular weight is 277 g/mol. The van der Waals surface area contributed by atoms with Crippen molar-refractivity contribution in [3.8, 4) is 0 Å². The summed E-state index contributed by atoms with van der Waals surface area (Å²) in [5.74, 6) is 0. The molecule has 0 unspecified atom stereocenters. The zero-order valence-electron chi connectivity index (χ0n) is 9.07. The number of rotatable bonds is 3. The van der Waals surface area contributed by atoms with Gasteiger partial charge < -0.3 is 5.32 Å². The third-order valence-corrected chi connectivity index (χ3v) is 2.81. The predicted octanol–water partition coefficient (Wildman–Crippen LogP) is 3.76. The summed E-state index contributed by atoms with van der Waals surface area (Å²) in [4.78, 5) is 4.28. The first-order valence-electron chi connectivity index (χ1n) is 5.15. The molecule has 1 heterocycles. The Bertz CT molecular complexity index is 469. The number of anilines is 1. The van der Waals surface area contributed by atoms with Crippen LogP contribution in [-0.4, -0.2) is 4.98 Å². The highest BCUT2D eigenvalue weighted by Gasteiger charge is 1.99. The maximum atomic E-state index is 4.28. The van der Waals surface area contributed by atoms with Crippen LogP contribution in [0.25, 0.3) is 0 Å². The first-order valence-corrected chi connectivity index (χ1v) is 5.95. The smallest absolute Gasteiger partial charge is 0.0604 e. The van der Waals surface area contributed by atoms with E-state index in [1.54, 1.807) is 0 Å². The summed E-state index contributed by atoms with van der Waals surface area (Å²) in [6.45, 7) is 2.82. The Morgan fingerprint density at radius 2 is 2.00 bits per heavy atom. The topological polar surface area (TPSA) is 24.9 Å². The number of pyridine rings is 1. The van der Waals surface area contributed by atoms with Gasteiger partial charge in [0.15, 0.2) is 0 Å². The molecule has 0 aliphatic rings. The van der Waals surface area contributed by atoms with Gasteiger partial charge in [-0.3, -0.25) is 4.98 Å². The number of aromatic nitrogens is 1. The zero-order chi connectivity index (χ0) is 11.4. The van der Waals surface area contributed by atoms with Crippen LogP contribution in [0.2, 0.25) is 0 Å². The van der Waals surface area contributed by atoms with Gasteiger partial charge in [-0.15, -0.1) is 0 Å². The predicted molar refractivity (Wildman–Crippen MR) is 70.4 cm³/mol. The van der Waals surface area contributed by atoms with E-state index in [0.29, 0.717) is 0 Å². The Hall–Kier alpha value is -1.35. The number of halogens is 1. The molecule has 82 valence electrons. The number of nitrogens with one attached hydrogen (secondary N) is 1. The minimum Gasteiger partial charge on any atom is -0.379 e. The quantitative estimate of drug-likeness (QED) is 0.923. The van der Waals surface area contributed by atoms with Crippen LogP contribution in [0.5, 0.6) is 0 Å². The summed E-state index contributed by atoms with van der Waals surface area (Å²) >= 11 is 3.42. The molecular weight excluding hydrogens is 264 g/mol. The van der Waals surface area contributed by atoms with Gasteiger partial charge in [-0.05, 0) is 34.5 Å². The fourth-order valence-corrected chi connectivity index (χ4v) is 1.81. The minimum absolute atomic E-state index is 0.819. The zero-order valence-corrected chi connectivity index (χ0v) is 10.7. The molecule has 1 N–H and O–H groups in total. The van der Waals surface area contributed by atoms with Crippen molar-refractivity contribution in [3.63, 3.8) is 0 Å². The van der Waals surface area contributed by atoms with Crippen molar-refractivity contribution >= 4 is 21.6 Å². The largest absolute Gasteiger partial charge is 0.379 e. The van der Waals surface area contributed by atoms with Crippen LogP contribution in [0.15, 0.2) is 47.1 Å². The molecule has 3 heteroatoms. The molecular formula is C13H13BrN2. The number of hydrogen-bond donors (Lipinski definition) is 1. The van der Waals surface area contributed by atoms with Gasteiger partial charge in [0.25, 0.3) is 0 Å². The van der Waals surface area contributed by atoms with Crippen LogP contribution in [0.1, 0.15) is 11.3 Å². The van der Waals surface area contributed by atoms with Crippen molar-refractivity contribution in [3.05, 3.63) is 58.3 Å². The highest BCUT2D eigenvalue weighted by atomic mass is 79.9. The van der Waals surface area contributed by atoms with Crippen molar-refractivity contribution in [2.24, 2.45) is 0 Å². The number of aryl methyl sites for hydroxylation is 1. The van der Waals surface area contributed by atoms with E-state index in [0.717, 1.165) is 22.4 Å². The molecule has 16 heavy (non-hydrogen) atoms. The Balaban J connectivity index is 2.08. The Morgan fingerprint density at radius 3 is 2.75 bits per heavy atom. The van der Waals surface area contributed by atoms with Crippen LogP contribution < -0.4 is 5.32 Å². The van der Waals surface area contributed by atoms with Crippen molar-refractivity contribution in [2.75, 3.05) is 5.32 Å². The maximum Gasteiger partial charge on any atom is 0.0604 e. The lowest BCUT2D eigenvalue weighted by Crippen LogP contribution is -2.01.